The Kier molecular flexibility index (Phi) is 9.13. The summed E-state index contributed by atoms with van der Waals surface area (Å²) >= 11 is 5.89. The number of hydrogen-bond donors (Lipinski definition) is 2. The Morgan fingerprint density at radius 3 is 2.46 bits per heavy atom. The molecular formula is C24H28ClN3O6S. The number of rotatable bonds is 8. The van der Waals surface area contributed by atoms with Crippen LogP contribution < -0.4 is 20.3 Å². The number of methoxy groups -OCH3 is 1. The molecule has 3 rings (SSSR count). The molecule has 2 amide bonds. The smallest absolute Gasteiger partial charge is 0.276 e. The monoisotopic (exact) mass is 521 g/mol. The van der Waals surface area contributed by atoms with Crippen LogP contribution in [0.2, 0.25) is 5.02 Å². The summed E-state index contributed by atoms with van der Waals surface area (Å²) in [7, 11) is -2.32. The van der Waals surface area contributed by atoms with Crippen LogP contribution in [0.4, 0.5) is 0 Å². The van der Waals surface area contributed by atoms with Crippen LogP contribution in [0.5, 0.6) is 11.5 Å². The predicted molar refractivity (Wildman–Crippen MR) is 133 cm³/mol. The zero-order valence-electron chi connectivity index (χ0n) is 19.5. The summed E-state index contributed by atoms with van der Waals surface area (Å²) in [6.07, 6.45) is 5.27. The van der Waals surface area contributed by atoms with Crippen molar-refractivity contribution in [3.05, 3.63) is 58.6 Å². The molecule has 1 saturated heterocycles. The molecule has 1 fully saturated rings. The molecule has 2 N–H and O–H groups in total. The highest BCUT2D eigenvalue weighted by Crippen LogP contribution is 2.30. The van der Waals surface area contributed by atoms with Crippen LogP contribution in [0.3, 0.4) is 0 Å². The van der Waals surface area contributed by atoms with Gasteiger partial charge in [0.25, 0.3) is 11.8 Å². The predicted octanol–water partition coefficient (Wildman–Crippen LogP) is 3.07. The van der Waals surface area contributed by atoms with Crippen molar-refractivity contribution < 1.29 is 27.5 Å². The van der Waals surface area contributed by atoms with Crippen LogP contribution in [0.15, 0.2) is 47.4 Å². The molecule has 1 aliphatic rings. The number of halogens is 1. The number of amides is 2. The fraction of sp³-hybridized carbons (Fsp3) is 0.333. The van der Waals surface area contributed by atoms with Crippen molar-refractivity contribution in [1.29, 1.82) is 0 Å². The van der Waals surface area contributed by atoms with Crippen LogP contribution in [0.25, 0.3) is 6.08 Å². The van der Waals surface area contributed by atoms with E-state index in [0.29, 0.717) is 29.4 Å². The minimum atomic E-state index is -3.73. The number of carbonyl (C=O) groups is 2. The van der Waals surface area contributed by atoms with Crippen molar-refractivity contribution >= 4 is 39.5 Å². The van der Waals surface area contributed by atoms with Crippen molar-refractivity contribution in [3.63, 3.8) is 0 Å². The summed E-state index contributed by atoms with van der Waals surface area (Å²) in [4.78, 5) is 24.1. The summed E-state index contributed by atoms with van der Waals surface area (Å²) < 4.78 is 38.4. The maximum Gasteiger partial charge on any atom is 0.276 e. The Labute approximate surface area is 210 Å². The van der Waals surface area contributed by atoms with Crippen LogP contribution in [-0.2, 0) is 19.6 Å². The van der Waals surface area contributed by atoms with Gasteiger partial charge in [0.05, 0.1) is 7.11 Å². The largest absolute Gasteiger partial charge is 0.495 e. The molecule has 1 aliphatic heterocycles. The maximum absolute atomic E-state index is 13.1. The van der Waals surface area contributed by atoms with E-state index >= 15 is 0 Å². The summed E-state index contributed by atoms with van der Waals surface area (Å²) in [5.74, 6) is -0.413. The van der Waals surface area contributed by atoms with Gasteiger partial charge in [-0.2, -0.15) is 4.31 Å². The molecule has 0 atom stereocenters. The minimum Gasteiger partial charge on any atom is -0.495 e. The Bertz CT molecular complexity index is 1210. The molecule has 188 valence electrons. The first kappa shape index (κ1) is 26.5. The van der Waals surface area contributed by atoms with Crippen LogP contribution in [-0.4, -0.2) is 51.3 Å². The van der Waals surface area contributed by atoms with Crippen molar-refractivity contribution in [2.24, 2.45) is 0 Å². The van der Waals surface area contributed by atoms with E-state index in [-0.39, 0.29) is 17.3 Å². The summed E-state index contributed by atoms with van der Waals surface area (Å²) in [6, 6.07) is 9.67. The highest BCUT2D eigenvalue weighted by molar-refractivity contribution is 7.89. The molecule has 1 heterocycles. The van der Waals surface area contributed by atoms with Crippen molar-refractivity contribution in [2.75, 3.05) is 26.8 Å². The number of hydrogen-bond acceptors (Lipinski definition) is 6. The second-order valence-corrected chi connectivity index (χ2v) is 10.3. The van der Waals surface area contributed by atoms with Gasteiger partial charge in [-0.15, -0.1) is 0 Å². The zero-order valence-corrected chi connectivity index (χ0v) is 21.1. The average Bonchev–Trinajstić information content (AvgIpc) is 2.86. The number of nitrogens with zero attached hydrogens (tertiary/aromatic N) is 1. The number of aryl methyl sites for hydroxylation is 1. The van der Waals surface area contributed by atoms with Gasteiger partial charge in [0.15, 0.2) is 6.61 Å². The van der Waals surface area contributed by atoms with E-state index in [1.807, 2.05) is 0 Å². The summed E-state index contributed by atoms with van der Waals surface area (Å²) in [5, 5.41) is 0.562. The van der Waals surface area contributed by atoms with Crippen molar-refractivity contribution in [3.8, 4) is 11.5 Å². The lowest BCUT2D eigenvalue weighted by molar-refractivity contribution is -0.128. The lowest BCUT2D eigenvalue weighted by Gasteiger charge is -2.26. The van der Waals surface area contributed by atoms with Gasteiger partial charge in [-0.1, -0.05) is 24.1 Å². The minimum absolute atomic E-state index is 0.0485. The molecular weight excluding hydrogens is 494 g/mol. The van der Waals surface area contributed by atoms with Gasteiger partial charge in [-0.25, -0.2) is 8.42 Å². The third kappa shape index (κ3) is 7.20. The van der Waals surface area contributed by atoms with E-state index in [4.69, 9.17) is 21.1 Å². The normalized spacial score (nSPS) is 14.5. The van der Waals surface area contributed by atoms with E-state index < -0.39 is 21.8 Å². The number of carbonyl (C=O) groups excluding carboxylic acids is 2. The van der Waals surface area contributed by atoms with Gasteiger partial charge in [0.1, 0.15) is 16.4 Å². The molecule has 0 saturated carbocycles. The molecule has 0 spiro atoms. The third-order valence-corrected chi connectivity index (χ3v) is 7.52. The molecule has 0 aliphatic carbocycles. The first-order chi connectivity index (χ1) is 16.7. The van der Waals surface area contributed by atoms with Gasteiger partial charge in [-0.05, 0) is 67.3 Å². The van der Waals surface area contributed by atoms with Gasteiger partial charge in [0, 0.05) is 24.2 Å². The summed E-state index contributed by atoms with van der Waals surface area (Å²) in [6.45, 7) is 2.43. The number of hydrazine groups is 1. The standard InChI is InChI=1S/C24H28ClN3O6S/c1-17-14-19(25)8-10-20(17)34-16-24(30)27-26-23(29)11-7-18-6-9-21(33-2)22(15-18)35(31,32)28-12-4-3-5-13-28/h6-11,14-15H,3-5,12-13,16H2,1-2H3,(H,26,29)(H,27,30)/b11-7+. The quantitative estimate of drug-likeness (QED) is 0.407. The molecule has 0 bridgehead atoms. The zero-order chi connectivity index (χ0) is 25.4. The number of ether oxygens (including phenoxy) is 2. The molecule has 0 aromatic heterocycles. The summed E-state index contributed by atoms with van der Waals surface area (Å²) in [5.41, 5.74) is 5.77. The fourth-order valence-corrected chi connectivity index (χ4v) is 5.48. The van der Waals surface area contributed by atoms with E-state index in [9.17, 15) is 18.0 Å². The van der Waals surface area contributed by atoms with Gasteiger partial charge < -0.3 is 9.47 Å². The molecule has 9 nitrogen and oxygen atoms in total. The van der Waals surface area contributed by atoms with Crippen molar-refractivity contribution in [1.82, 2.24) is 15.2 Å². The van der Waals surface area contributed by atoms with Gasteiger partial charge in [-0.3, -0.25) is 20.4 Å². The number of sulfonamides is 1. The van der Waals surface area contributed by atoms with Gasteiger partial charge in [0.2, 0.25) is 10.0 Å². The van der Waals surface area contributed by atoms with Crippen LogP contribution in [0, 0.1) is 6.92 Å². The molecule has 0 radical (unpaired) electrons. The van der Waals surface area contributed by atoms with Crippen LogP contribution >= 0.6 is 11.6 Å². The Balaban J connectivity index is 1.58. The molecule has 11 heteroatoms. The lowest BCUT2D eigenvalue weighted by Crippen LogP contribution is -2.43. The van der Waals surface area contributed by atoms with E-state index in [2.05, 4.69) is 10.9 Å². The average molecular weight is 522 g/mol. The topological polar surface area (TPSA) is 114 Å². The Morgan fingerprint density at radius 2 is 1.77 bits per heavy atom. The van der Waals surface area contributed by atoms with Crippen molar-refractivity contribution in [2.45, 2.75) is 31.1 Å². The molecule has 0 unspecified atom stereocenters. The lowest BCUT2D eigenvalue weighted by atomic mass is 10.2. The van der Waals surface area contributed by atoms with E-state index in [1.54, 1.807) is 37.3 Å². The van der Waals surface area contributed by atoms with E-state index in [0.717, 1.165) is 24.8 Å². The van der Waals surface area contributed by atoms with Crippen LogP contribution in [0.1, 0.15) is 30.4 Å². The first-order valence-electron chi connectivity index (χ1n) is 11.0. The SMILES string of the molecule is COc1ccc(/C=C/C(=O)NNC(=O)COc2ccc(Cl)cc2C)cc1S(=O)(=O)N1CCCCC1. The first-order valence-corrected chi connectivity index (χ1v) is 12.9. The fourth-order valence-electron chi connectivity index (χ4n) is 3.54. The molecule has 2 aromatic carbocycles. The number of benzene rings is 2. The number of piperidine rings is 1. The highest BCUT2D eigenvalue weighted by atomic mass is 35.5. The number of nitrogens with one attached hydrogen (secondary N) is 2. The Hall–Kier alpha value is -3.08. The van der Waals surface area contributed by atoms with E-state index in [1.165, 1.54) is 29.6 Å². The Morgan fingerprint density at radius 1 is 1.06 bits per heavy atom. The second kappa shape index (κ2) is 12.1. The molecule has 2 aromatic rings. The third-order valence-electron chi connectivity index (χ3n) is 5.37. The maximum atomic E-state index is 13.1. The highest BCUT2D eigenvalue weighted by Gasteiger charge is 2.29. The van der Waals surface area contributed by atoms with Gasteiger partial charge >= 0.3 is 0 Å². The molecule has 35 heavy (non-hydrogen) atoms. The second-order valence-electron chi connectivity index (χ2n) is 7.94.